The van der Waals surface area contributed by atoms with E-state index in [-0.39, 0.29) is 38.6 Å². The predicted octanol–water partition coefficient (Wildman–Crippen LogP) is 4.72. The molecule has 0 bridgehead atoms. The summed E-state index contributed by atoms with van der Waals surface area (Å²) >= 11 is 6.58. The number of anilines is 1. The third kappa shape index (κ3) is 3.81. The van der Waals surface area contributed by atoms with Crippen molar-refractivity contribution in [3.63, 3.8) is 0 Å². The summed E-state index contributed by atoms with van der Waals surface area (Å²) in [5.41, 5.74) is -0.787. The molecule has 1 aromatic carbocycles. The fourth-order valence-electron chi connectivity index (χ4n) is 4.03. The monoisotopic (exact) mass is 477 g/mol. The summed E-state index contributed by atoms with van der Waals surface area (Å²) in [7, 11) is 0. The molecule has 1 aliphatic heterocycles. The number of H-pyrrole nitrogens is 1. The molecular formula is C19H17ClF5N5O2. The van der Waals surface area contributed by atoms with Crippen LogP contribution >= 0.6 is 11.6 Å². The summed E-state index contributed by atoms with van der Waals surface area (Å²) < 4.78 is 73.5. The Morgan fingerprint density at radius 1 is 1.22 bits per heavy atom. The van der Waals surface area contributed by atoms with Crippen molar-refractivity contribution in [1.29, 1.82) is 0 Å². The van der Waals surface area contributed by atoms with Crippen molar-refractivity contribution >= 4 is 28.6 Å². The topological polar surface area (TPSA) is 84.8 Å². The molecule has 0 saturated heterocycles. The zero-order chi connectivity index (χ0) is 23.4. The molecule has 0 fully saturated rings. The van der Waals surface area contributed by atoms with Gasteiger partial charge in [-0.1, -0.05) is 11.6 Å². The number of aryl methyl sites for hydroxylation is 3. The van der Waals surface area contributed by atoms with Crippen LogP contribution in [0.1, 0.15) is 29.5 Å². The average molecular weight is 478 g/mol. The zero-order valence-corrected chi connectivity index (χ0v) is 17.5. The molecular weight excluding hydrogens is 461 g/mol. The Labute approximate surface area is 182 Å². The van der Waals surface area contributed by atoms with Crippen LogP contribution in [0.4, 0.5) is 27.9 Å². The lowest BCUT2D eigenvalue weighted by atomic mass is 9.92. The smallest absolute Gasteiger partial charge is 0.356 e. The van der Waals surface area contributed by atoms with Crippen LogP contribution in [0.3, 0.4) is 0 Å². The number of hydrogen-bond donors (Lipinski definition) is 2. The molecule has 7 nitrogen and oxygen atoms in total. The Morgan fingerprint density at radius 2 is 1.94 bits per heavy atom. The maximum atomic E-state index is 13.9. The number of ether oxygens (including phenoxy) is 1. The maximum absolute atomic E-state index is 13.9. The first kappa shape index (κ1) is 22.5. The molecule has 13 heteroatoms. The van der Waals surface area contributed by atoms with E-state index in [1.54, 1.807) is 4.57 Å². The van der Waals surface area contributed by atoms with Crippen LogP contribution in [0, 0.1) is 13.8 Å². The summed E-state index contributed by atoms with van der Waals surface area (Å²) in [5.74, 6) is 0.405. The van der Waals surface area contributed by atoms with Crippen molar-refractivity contribution < 1.29 is 26.7 Å². The number of rotatable bonds is 4. The molecule has 1 unspecified atom stereocenters. The van der Waals surface area contributed by atoms with Crippen molar-refractivity contribution in [3.8, 4) is 11.1 Å². The normalized spacial score (nSPS) is 15.2. The fourth-order valence-corrected chi connectivity index (χ4v) is 4.37. The van der Waals surface area contributed by atoms with Gasteiger partial charge in [0.05, 0.1) is 16.2 Å². The van der Waals surface area contributed by atoms with Gasteiger partial charge in [0.2, 0.25) is 5.95 Å². The minimum absolute atomic E-state index is 0.0776. The molecule has 0 spiro atoms. The number of fused-ring (bicyclic) bond motifs is 3. The molecule has 3 aromatic rings. The van der Waals surface area contributed by atoms with E-state index in [4.69, 9.17) is 11.6 Å². The standard InChI is InChI=1S/C19H17ClF5N5O2/c1-7-11(8(2)28-18(31)27-7)12-9(15(19(23,24)25)32-16(21)22)6-10-14(13(12)20)29-17-26-4-3-5-30(10)17/h6,15-16H,3-5H2,1-2H3,(H,26,29)(H,27,28,31). The first-order valence-electron chi connectivity index (χ1n) is 9.53. The van der Waals surface area contributed by atoms with Crippen LogP contribution in [0.25, 0.3) is 22.2 Å². The molecule has 1 atom stereocenters. The van der Waals surface area contributed by atoms with Crippen LogP contribution in [-0.2, 0) is 11.3 Å². The number of halogens is 6. The molecule has 4 rings (SSSR count). The Balaban J connectivity index is 2.13. The van der Waals surface area contributed by atoms with Crippen molar-refractivity contribution in [3.05, 3.63) is 38.5 Å². The van der Waals surface area contributed by atoms with E-state index < -0.39 is 30.1 Å². The molecule has 0 radical (unpaired) electrons. The largest absolute Gasteiger partial charge is 0.419 e. The predicted molar refractivity (Wildman–Crippen MR) is 107 cm³/mol. The Hall–Kier alpha value is -2.73. The highest BCUT2D eigenvalue weighted by molar-refractivity contribution is 6.38. The van der Waals surface area contributed by atoms with Crippen LogP contribution in [0.15, 0.2) is 10.9 Å². The maximum Gasteiger partial charge on any atom is 0.419 e. The van der Waals surface area contributed by atoms with Gasteiger partial charge in [-0.05, 0) is 26.3 Å². The van der Waals surface area contributed by atoms with Gasteiger partial charge in [0, 0.05) is 35.5 Å². The second-order valence-corrected chi connectivity index (χ2v) is 7.71. The van der Waals surface area contributed by atoms with Crippen molar-refractivity contribution in [1.82, 2.24) is 19.5 Å². The second kappa shape index (κ2) is 8.00. The second-order valence-electron chi connectivity index (χ2n) is 7.34. The number of hydrogen-bond acceptors (Lipinski definition) is 5. The lowest BCUT2D eigenvalue weighted by molar-refractivity contribution is -0.277. The summed E-state index contributed by atoms with van der Waals surface area (Å²) in [6.07, 6.45) is -7.47. The SMILES string of the molecule is Cc1nc(=O)[nH]c(C)c1-c1c(C(OC(F)F)C(F)(F)F)cc2c(nc3n2CCCN3)c1Cl. The highest BCUT2D eigenvalue weighted by Gasteiger charge is 2.46. The third-order valence-electron chi connectivity index (χ3n) is 5.23. The third-order valence-corrected chi connectivity index (χ3v) is 5.59. The molecule has 0 saturated carbocycles. The minimum Gasteiger partial charge on any atom is -0.356 e. The number of benzene rings is 1. The highest BCUT2D eigenvalue weighted by atomic mass is 35.5. The van der Waals surface area contributed by atoms with Gasteiger partial charge in [-0.2, -0.15) is 26.9 Å². The van der Waals surface area contributed by atoms with E-state index in [0.717, 1.165) is 6.07 Å². The molecule has 2 N–H and O–H groups in total. The van der Waals surface area contributed by atoms with Crippen molar-refractivity contribution in [2.75, 3.05) is 11.9 Å². The van der Waals surface area contributed by atoms with Crippen LogP contribution in [-0.4, -0.2) is 38.9 Å². The number of nitrogens with zero attached hydrogens (tertiary/aromatic N) is 3. The van der Waals surface area contributed by atoms with Gasteiger partial charge in [0.25, 0.3) is 0 Å². The summed E-state index contributed by atoms with van der Waals surface area (Å²) in [5, 5.41) is 2.85. The van der Waals surface area contributed by atoms with E-state index in [1.165, 1.54) is 13.8 Å². The van der Waals surface area contributed by atoms with Gasteiger partial charge in [-0.25, -0.2) is 9.78 Å². The van der Waals surface area contributed by atoms with Crippen LogP contribution in [0.5, 0.6) is 0 Å². The number of aromatic amines is 1. The molecule has 0 aliphatic carbocycles. The average Bonchev–Trinajstić information content (AvgIpc) is 3.05. The van der Waals surface area contributed by atoms with Gasteiger partial charge in [-0.15, -0.1) is 0 Å². The summed E-state index contributed by atoms with van der Waals surface area (Å²) in [6, 6.07) is 1.12. The molecule has 172 valence electrons. The minimum atomic E-state index is -5.18. The number of imidazole rings is 1. The lowest BCUT2D eigenvalue weighted by Gasteiger charge is -2.25. The molecule has 32 heavy (non-hydrogen) atoms. The highest BCUT2D eigenvalue weighted by Crippen LogP contribution is 2.47. The Bertz CT molecular complexity index is 1230. The number of nitrogens with one attached hydrogen (secondary N) is 2. The van der Waals surface area contributed by atoms with Crippen molar-refractivity contribution in [2.45, 2.75) is 45.7 Å². The first-order valence-corrected chi connectivity index (χ1v) is 9.91. The quantitative estimate of drug-likeness (QED) is 0.531. The molecule has 0 amide bonds. The van der Waals surface area contributed by atoms with Crippen LogP contribution < -0.4 is 11.0 Å². The van der Waals surface area contributed by atoms with E-state index in [0.29, 0.717) is 25.5 Å². The van der Waals surface area contributed by atoms with Gasteiger partial charge in [0.1, 0.15) is 5.52 Å². The van der Waals surface area contributed by atoms with Gasteiger partial charge < -0.3 is 19.6 Å². The molecule has 3 heterocycles. The Kier molecular flexibility index (Phi) is 5.61. The van der Waals surface area contributed by atoms with Crippen molar-refractivity contribution in [2.24, 2.45) is 0 Å². The number of aromatic nitrogens is 4. The zero-order valence-electron chi connectivity index (χ0n) is 16.8. The first-order chi connectivity index (χ1) is 15.0. The molecule has 1 aliphatic rings. The summed E-state index contributed by atoms with van der Waals surface area (Å²) in [6.45, 7) is 0.242. The van der Waals surface area contributed by atoms with Gasteiger partial charge >= 0.3 is 18.5 Å². The van der Waals surface area contributed by atoms with Gasteiger partial charge in [-0.3, -0.25) is 0 Å². The van der Waals surface area contributed by atoms with E-state index in [2.05, 4.69) is 25.0 Å². The number of alkyl halides is 5. The lowest BCUT2D eigenvalue weighted by Crippen LogP contribution is -2.26. The Morgan fingerprint density at radius 3 is 2.56 bits per heavy atom. The van der Waals surface area contributed by atoms with E-state index >= 15 is 0 Å². The van der Waals surface area contributed by atoms with Crippen LogP contribution in [0.2, 0.25) is 5.02 Å². The van der Waals surface area contributed by atoms with E-state index in [9.17, 15) is 26.7 Å². The fraction of sp³-hybridized carbons (Fsp3) is 0.421. The van der Waals surface area contributed by atoms with Gasteiger partial charge in [0.15, 0.2) is 6.10 Å². The molecule has 2 aromatic heterocycles. The van der Waals surface area contributed by atoms with E-state index in [1.807, 2.05) is 0 Å². The summed E-state index contributed by atoms with van der Waals surface area (Å²) in [4.78, 5) is 22.3.